The van der Waals surface area contributed by atoms with E-state index in [1.165, 1.54) is 11.6 Å². The summed E-state index contributed by atoms with van der Waals surface area (Å²) >= 11 is 0. The van der Waals surface area contributed by atoms with E-state index in [1.54, 1.807) is 24.5 Å². The van der Waals surface area contributed by atoms with Gasteiger partial charge in [0.25, 0.3) is 0 Å². The molecule has 2 aromatic carbocycles. The number of carbonyl (C=O) groups excluding carboxylic acids is 1. The Morgan fingerprint density at radius 2 is 1.84 bits per heavy atom. The molecule has 3 heterocycles. The maximum atomic E-state index is 13.9. The molecule has 0 radical (unpaired) electrons. The molecular weight excluding hydrogens is 389 g/mol. The van der Waals surface area contributed by atoms with E-state index in [0.29, 0.717) is 6.42 Å². The van der Waals surface area contributed by atoms with Crippen molar-refractivity contribution in [2.45, 2.75) is 25.3 Å². The molecule has 1 aromatic heterocycles. The Morgan fingerprint density at radius 1 is 1.03 bits per heavy atom. The molecule has 2 aliphatic rings. The maximum Gasteiger partial charge on any atom is 0.227 e. The molecule has 4 nitrogen and oxygen atoms in total. The molecular formula is C26H26FN3O. The molecule has 0 bridgehead atoms. The fourth-order valence-corrected chi connectivity index (χ4v) is 5.22. The number of hydrogen-bond donors (Lipinski definition) is 0. The molecule has 1 atom stereocenters. The van der Waals surface area contributed by atoms with Crippen LogP contribution in [0.1, 0.15) is 30.0 Å². The van der Waals surface area contributed by atoms with E-state index in [1.807, 2.05) is 29.2 Å². The average molecular weight is 416 g/mol. The number of rotatable bonds is 4. The van der Waals surface area contributed by atoms with Crippen LogP contribution in [-0.2, 0) is 11.2 Å². The first kappa shape index (κ1) is 19.7. The minimum absolute atomic E-state index is 0.110. The number of pyridine rings is 1. The lowest BCUT2D eigenvalue weighted by atomic mass is 9.63. The highest BCUT2D eigenvalue weighted by molar-refractivity contribution is 5.78. The zero-order valence-corrected chi connectivity index (χ0v) is 17.5. The molecule has 0 aliphatic carbocycles. The number of hydrogen-bond acceptors (Lipinski definition) is 3. The van der Waals surface area contributed by atoms with Gasteiger partial charge in [-0.15, -0.1) is 0 Å². The van der Waals surface area contributed by atoms with Gasteiger partial charge in [-0.05, 0) is 48.2 Å². The molecule has 5 rings (SSSR count). The summed E-state index contributed by atoms with van der Waals surface area (Å²) in [4.78, 5) is 21.2. The summed E-state index contributed by atoms with van der Waals surface area (Å²) in [7, 11) is 0. The Bertz CT molecular complexity index is 1050. The molecule has 5 heteroatoms. The third kappa shape index (κ3) is 3.80. The van der Waals surface area contributed by atoms with Gasteiger partial charge in [-0.25, -0.2) is 4.39 Å². The first-order valence-electron chi connectivity index (χ1n) is 10.9. The predicted octanol–water partition coefficient (Wildman–Crippen LogP) is 4.63. The lowest BCUT2D eigenvalue weighted by Gasteiger charge is -2.61. The molecule has 0 saturated carbocycles. The first-order chi connectivity index (χ1) is 15.1. The number of nitrogens with zero attached hydrogens (tertiary/aromatic N) is 3. The number of likely N-dealkylation sites (tertiary alicyclic amines) is 1. The van der Waals surface area contributed by atoms with Crippen molar-refractivity contribution in [1.29, 1.82) is 0 Å². The van der Waals surface area contributed by atoms with Crippen LogP contribution in [0.2, 0.25) is 0 Å². The van der Waals surface area contributed by atoms with Gasteiger partial charge in [0.15, 0.2) is 0 Å². The van der Waals surface area contributed by atoms with E-state index in [0.717, 1.165) is 43.7 Å². The highest BCUT2D eigenvalue weighted by Gasteiger charge is 2.54. The van der Waals surface area contributed by atoms with E-state index in [-0.39, 0.29) is 23.2 Å². The van der Waals surface area contributed by atoms with Crippen molar-refractivity contribution < 1.29 is 9.18 Å². The van der Waals surface area contributed by atoms with Gasteiger partial charge >= 0.3 is 0 Å². The van der Waals surface area contributed by atoms with Gasteiger partial charge in [0.05, 0.1) is 12.5 Å². The second-order valence-corrected chi connectivity index (χ2v) is 8.70. The minimum atomic E-state index is -0.207. The van der Waals surface area contributed by atoms with Gasteiger partial charge in [-0.1, -0.05) is 42.5 Å². The first-order valence-corrected chi connectivity index (χ1v) is 10.9. The van der Waals surface area contributed by atoms with E-state index < -0.39 is 0 Å². The molecule has 2 saturated heterocycles. The number of piperidine rings is 1. The van der Waals surface area contributed by atoms with Gasteiger partial charge < -0.3 is 9.80 Å². The number of anilines is 1. The summed E-state index contributed by atoms with van der Waals surface area (Å²) in [6, 6.07) is 21.4. The van der Waals surface area contributed by atoms with Crippen LogP contribution in [0.4, 0.5) is 10.1 Å². The van der Waals surface area contributed by atoms with Crippen LogP contribution in [-0.4, -0.2) is 35.4 Å². The van der Waals surface area contributed by atoms with Crippen molar-refractivity contribution in [3.63, 3.8) is 0 Å². The van der Waals surface area contributed by atoms with Gasteiger partial charge in [-0.2, -0.15) is 0 Å². The van der Waals surface area contributed by atoms with E-state index >= 15 is 0 Å². The van der Waals surface area contributed by atoms with Crippen molar-refractivity contribution in [3.05, 3.63) is 96.1 Å². The monoisotopic (exact) mass is 415 g/mol. The van der Waals surface area contributed by atoms with E-state index in [9.17, 15) is 9.18 Å². The summed E-state index contributed by atoms with van der Waals surface area (Å²) in [5.41, 5.74) is 3.25. The summed E-state index contributed by atoms with van der Waals surface area (Å²) in [5.74, 6) is -0.0403. The van der Waals surface area contributed by atoms with Crippen LogP contribution in [0.5, 0.6) is 0 Å². The smallest absolute Gasteiger partial charge is 0.227 e. The van der Waals surface area contributed by atoms with Crippen molar-refractivity contribution in [1.82, 2.24) is 9.88 Å². The lowest BCUT2D eigenvalue weighted by Crippen LogP contribution is -2.63. The van der Waals surface area contributed by atoms with Gasteiger partial charge in [0, 0.05) is 43.1 Å². The Kier molecular flexibility index (Phi) is 5.18. The normalized spacial score (nSPS) is 19.8. The van der Waals surface area contributed by atoms with Gasteiger partial charge in [-0.3, -0.25) is 9.78 Å². The zero-order chi connectivity index (χ0) is 21.3. The third-order valence-corrected chi connectivity index (χ3v) is 6.82. The summed E-state index contributed by atoms with van der Waals surface area (Å²) in [6.45, 7) is 2.42. The number of halogens is 1. The van der Waals surface area contributed by atoms with E-state index in [2.05, 4.69) is 34.1 Å². The summed E-state index contributed by atoms with van der Waals surface area (Å²) in [6.07, 6.45) is 5.80. The van der Waals surface area contributed by atoms with Gasteiger partial charge in [0.2, 0.25) is 5.91 Å². The Morgan fingerprint density at radius 3 is 2.55 bits per heavy atom. The average Bonchev–Trinajstić information content (AvgIpc) is 2.79. The van der Waals surface area contributed by atoms with Gasteiger partial charge in [0.1, 0.15) is 5.82 Å². The van der Waals surface area contributed by atoms with Crippen LogP contribution >= 0.6 is 0 Å². The fraction of sp³-hybridized carbons (Fsp3) is 0.308. The van der Waals surface area contributed by atoms with Crippen LogP contribution in [0, 0.1) is 11.2 Å². The van der Waals surface area contributed by atoms with Crippen molar-refractivity contribution in [2.75, 3.05) is 24.5 Å². The lowest BCUT2D eigenvalue weighted by molar-refractivity contribution is -0.133. The van der Waals surface area contributed by atoms with Crippen LogP contribution in [0.3, 0.4) is 0 Å². The summed E-state index contributed by atoms with van der Waals surface area (Å²) in [5, 5.41) is 0. The van der Waals surface area contributed by atoms with Crippen molar-refractivity contribution in [3.8, 4) is 0 Å². The number of benzene rings is 2. The number of amides is 1. The quantitative estimate of drug-likeness (QED) is 0.623. The topological polar surface area (TPSA) is 36.4 Å². The van der Waals surface area contributed by atoms with Crippen LogP contribution in [0.25, 0.3) is 0 Å². The highest BCUT2D eigenvalue weighted by atomic mass is 19.1. The molecule has 158 valence electrons. The molecule has 1 unspecified atom stereocenters. The third-order valence-electron chi connectivity index (χ3n) is 6.82. The SMILES string of the molecule is O=C(Cc1cccnc1)N1CCC2(CC1)CN(c1cccc(F)c1)C2c1ccccc1. The minimum Gasteiger partial charge on any atom is -0.363 e. The maximum absolute atomic E-state index is 13.9. The van der Waals surface area contributed by atoms with Crippen molar-refractivity contribution >= 4 is 11.6 Å². The summed E-state index contributed by atoms with van der Waals surface area (Å²) < 4.78 is 13.9. The standard InChI is InChI=1S/C26H26FN3O/c27-22-9-4-10-23(17-22)30-19-26(25(30)21-7-2-1-3-8-21)11-14-29(15-12-26)24(31)16-20-6-5-13-28-18-20/h1-10,13,17-18,25H,11-12,14-16,19H2. The fourth-order valence-electron chi connectivity index (χ4n) is 5.22. The van der Waals surface area contributed by atoms with Crippen LogP contribution in [0.15, 0.2) is 79.1 Å². The largest absolute Gasteiger partial charge is 0.363 e. The Balaban J connectivity index is 1.33. The second kappa shape index (κ2) is 8.14. The van der Waals surface area contributed by atoms with Crippen LogP contribution < -0.4 is 4.90 Å². The molecule has 1 spiro atoms. The molecule has 2 fully saturated rings. The second-order valence-electron chi connectivity index (χ2n) is 8.70. The number of carbonyl (C=O) groups is 1. The number of aromatic nitrogens is 1. The molecule has 0 N–H and O–H groups in total. The molecule has 3 aromatic rings. The Labute approximate surface area is 182 Å². The highest BCUT2D eigenvalue weighted by Crippen LogP contribution is 2.56. The predicted molar refractivity (Wildman–Crippen MR) is 119 cm³/mol. The van der Waals surface area contributed by atoms with E-state index in [4.69, 9.17) is 0 Å². The molecule has 1 amide bonds. The molecule has 2 aliphatic heterocycles. The van der Waals surface area contributed by atoms with Crippen molar-refractivity contribution in [2.24, 2.45) is 5.41 Å². The molecule has 31 heavy (non-hydrogen) atoms. The zero-order valence-electron chi connectivity index (χ0n) is 17.5. The Hall–Kier alpha value is -3.21.